The molecule has 2 rings (SSSR count). The van der Waals surface area contributed by atoms with Crippen LogP contribution in [-0.4, -0.2) is 46.4 Å². The molecule has 0 bridgehead atoms. The molecule has 2 heterocycles. The Bertz CT molecular complexity index is 664. The van der Waals surface area contributed by atoms with Gasteiger partial charge < -0.3 is 19.5 Å². The number of amides is 2. The largest absolute Gasteiger partial charge is 0.444 e. The molecule has 0 spiro atoms. The van der Waals surface area contributed by atoms with E-state index in [1.165, 1.54) is 4.90 Å². The van der Waals surface area contributed by atoms with Crippen LogP contribution in [0.3, 0.4) is 0 Å². The van der Waals surface area contributed by atoms with Gasteiger partial charge in [-0.25, -0.2) is 4.79 Å². The average molecular weight is 363 g/mol. The van der Waals surface area contributed by atoms with E-state index in [1.54, 1.807) is 20.8 Å². The molecular weight excluding hydrogens is 343 g/mol. The van der Waals surface area contributed by atoms with Crippen molar-refractivity contribution in [3.05, 3.63) is 17.0 Å². The summed E-state index contributed by atoms with van der Waals surface area (Å²) in [5.74, 6) is -0.620. The van der Waals surface area contributed by atoms with Crippen LogP contribution in [0.15, 0.2) is 4.52 Å². The second kappa shape index (κ2) is 6.57. The van der Waals surface area contributed by atoms with Crippen molar-refractivity contribution in [1.82, 2.24) is 15.4 Å². The van der Waals surface area contributed by atoms with Gasteiger partial charge in [0, 0.05) is 18.5 Å². The lowest BCUT2D eigenvalue weighted by Gasteiger charge is -2.29. The Labute approximate surface area is 142 Å². The molecule has 0 saturated heterocycles. The first-order chi connectivity index (χ1) is 11.4. The minimum Gasteiger partial charge on any atom is -0.444 e. The number of carbonyl (C=O) groups is 2. The Balaban J connectivity index is 2.13. The molecule has 1 atom stereocenters. The highest BCUT2D eigenvalue weighted by Gasteiger charge is 2.39. The van der Waals surface area contributed by atoms with Gasteiger partial charge in [-0.15, -0.1) is 0 Å². The summed E-state index contributed by atoms with van der Waals surface area (Å²) >= 11 is 0. The van der Waals surface area contributed by atoms with E-state index in [1.807, 2.05) is 5.32 Å². The third-order valence-electron chi connectivity index (χ3n) is 3.53. The number of nitrogens with one attached hydrogen (secondary N) is 1. The van der Waals surface area contributed by atoms with Crippen LogP contribution in [0, 0.1) is 0 Å². The molecule has 0 aliphatic carbocycles. The van der Waals surface area contributed by atoms with Gasteiger partial charge in [0.1, 0.15) is 17.4 Å². The van der Waals surface area contributed by atoms with E-state index in [0.717, 1.165) is 6.92 Å². The summed E-state index contributed by atoms with van der Waals surface area (Å²) < 4.78 is 48.1. The molecule has 1 aliphatic rings. The summed E-state index contributed by atoms with van der Waals surface area (Å²) in [6, 6.07) is -2.03. The molecule has 140 valence electrons. The van der Waals surface area contributed by atoms with Crippen molar-refractivity contribution in [3.8, 4) is 0 Å². The van der Waals surface area contributed by atoms with E-state index in [-0.39, 0.29) is 12.2 Å². The smallest absolute Gasteiger partial charge is 0.410 e. The fourth-order valence-electron chi connectivity index (χ4n) is 2.22. The molecule has 0 unspecified atom stereocenters. The zero-order valence-electron chi connectivity index (χ0n) is 14.4. The van der Waals surface area contributed by atoms with E-state index >= 15 is 0 Å². The van der Waals surface area contributed by atoms with Crippen molar-refractivity contribution in [2.45, 2.75) is 58.5 Å². The summed E-state index contributed by atoms with van der Waals surface area (Å²) in [5.41, 5.74) is -0.641. The number of nitrogens with zero attached hydrogens (tertiary/aromatic N) is 2. The number of rotatable bonds is 2. The molecule has 25 heavy (non-hydrogen) atoms. The summed E-state index contributed by atoms with van der Waals surface area (Å²) in [5, 5.41) is 5.40. The third-order valence-corrected chi connectivity index (χ3v) is 3.53. The SMILES string of the molecule is C[C@@H](NC(=O)c1noc2c1CN(C(=O)OC(C)(C)C)CC2)C(F)(F)F. The van der Waals surface area contributed by atoms with Crippen LogP contribution in [0.5, 0.6) is 0 Å². The van der Waals surface area contributed by atoms with Crippen molar-refractivity contribution in [1.29, 1.82) is 0 Å². The van der Waals surface area contributed by atoms with E-state index < -0.39 is 29.8 Å². The maximum atomic E-state index is 12.6. The molecule has 1 aromatic heterocycles. The number of ether oxygens (including phenoxy) is 1. The zero-order valence-corrected chi connectivity index (χ0v) is 14.4. The van der Waals surface area contributed by atoms with Gasteiger partial charge >= 0.3 is 12.3 Å². The van der Waals surface area contributed by atoms with Crippen LogP contribution in [0.2, 0.25) is 0 Å². The van der Waals surface area contributed by atoms with Gasteiger partial charge in [0.15, 0.2) is 5.69 Å². The van der Waals surface area contributed by atoms with Crippen molar-refractivity contribution >= 4 is 12.0 Å². The quantitative estimate of drug-likeness (QED) is 0.873. The highest BCUT2D eigenvalue weighted by molar-refractivity contribution is 5.94. The summed E-state index contributed by atoms with van der Waals surface area (Å²) in [6.07, 6.45) is -4.85. The van der Waals surface area contributed by atoms with Crippen LogP contribution in [0.25, 0.3) is 0 Å². The number of hydrogen-bond acceptors (Lipinski definition) is 5. The fraction of sp³-hybridized carbons (Fsp3) is 0.667. The lowest BCUT2D eigenvalue weighted by molar-refractivity contribution is -0.149. The Morgan fingerprint density at radius 3 is 2.52 bits per heavy atom. The van der Waals surface area contributed by atoms with Gasteiger partial charge in [-0.3, -0.25) is 4.79 Å². The highest BCUT2D eigenvalue weighted by atomic mass is 19.4. The molecule has 10 heteroatoms. The molecule has 1 aliphatic heterocycles. The standard InChI is InChI=1S/C15H20F3N3O4/c1-8(15(16,17)18)19-12(22)11-9-7-21(6-5-10(9)25-20-11)13(23)24-14(2,3)4/h8H,5-7H2,1-4H3,(H,19,22)/t8-/m1/s1. The number of fused-ring (bicyclic) bond motifs is 1. The minimum absolute atomic E-state index is 0.0170. The van der Waals surface area contributed by atoms with Crippen LogP contribution in [0.1, 0.15) is 49.5 Å². The van der Waals surface area contributed by atoms with Gasteiger partial charge in [0.2, 0.25) is 0 Å². The second-order valence-electron chi connectivity index (χ2n) is 6.82. The maximum absolute atomic E-state index is 12.6. The molecule has 0 radical (unpaired) electrons. The Hall–Kier alpha value is -2.26. The second-order valence-corrected chi connectivity index (χ2v) is 6.82. The van der Waals surface area contributed by atoms with Gasteiger partial charge in [-0.05, 0) is 27.7 Å². The van der Waals surface area contributed by atoms with Gasteiger partial charge in [0.25, 0.3) is 5.91 Å². The van der Waals surface area contributed by atoms with E-state index in [2.05, 4.69) is 5.16 Å². The van der Waals surface area contributed by atoms with Gasteiger partial charge in [0.05, 0.1) is 6.54 Å². The summed E-state index contributed by atoms with van der Waals surface area (Å²) in [6.45, 7) is 6.27. The molecule has 1 N–H and O–H groups in total. The van der Waals surface area contributed by atoms with Crippen molar-refractivity contribution in [3.63, 3.8) is 0 Å². The van der Waals surface area contributed by atoms with Gasteiger partial charge in [-0.1, -0.05) is 5.16 Å². The Morgan fingerprint density at radius 1 is 1.32 bits per heavy atom. The Kier molecular flexibility index (Phi) is 5.01. The van der Waals surface area contributed by atoms with Crippen LogP contribution >= 0.6 is 0 Å². The number of halogens is 3. The average Bonchev–Trinajstić information content (AvgIpc) is 2.87. The molecule has 2 amide bonds. The number of alkyl halides is 3. The normalized spacial score (nSPS) is 16.2. The number of hydrogen-bond donors (Lipinski definition) is 1. The molecule has 0 fully saturated rings. The van der Waals surface area contributed by atoms with Crippen LogP contribution < -0.4 is 5.32 Å². The number of aromatic nitrogens is 1. The van der Waals surface area contributed by atoms with Crippen molar-refractivity contribution in [2.24, 2.45) is 0 Å². The zero-order chi connectivity index (χ0) is 19.0. The topological polar surface area (TPSA) is 84.7 Å². The van der Waals surface area contributed by atoms with Gasteiger partial charge in [-0.2, -0.15) is 13.2 Å². The summed E-state index contributed by atoms with van der Waals surface area (Å²) in [7, 11) is 0. The van der Waals surface area contributed by atoms with E-state index in [9.17, 15) is 22.8 Å². The Morgan fingerprint density at radius 2 is 1.96 bits per heavy atom. The van der Waals surface area contributed by atoms with E-state index in [0.29, 0.717) is 24.3 Å². The predicted molar refractivity (Wildman–Crippen MR) is 79.8 cm³/mol. The van der Waals surface area contributed by atoms with Crippen LogP contribution in [-0.2, 0) is 17.7 Å². The first-order valence-corrected chi connectivity index (χ1v) is 7.71. The molecular formula is C15H20F3N3O4. The van der Waals surface area contributed by atoms with Crippen molar-refractivity contribution in [2.75, 3.05) is 6.54 Å². The van der Waals surface area contributed by atoms with Crippen LogP contribution in [0.4, 0.5) is 18.0 Å². The fourth-order valence-corrected chi connectivity index (χ4v) is 2.22. The monoisotopic (exact) mass is 363 g/mol. The summed E-state index contributed by atoms with van der Waals surface area (Å²) in [4.78, 5) is 25.6. The number of carbonyl (C=O) groups excluding carboxylic acids is 2. The molecule has 0 saturated carbocycles. The molecule has 1 aromatic rings. The molecule has 7 nitrogen and oxygen atoms in total. The lowest BCUT2D eigenvalue weighted by Crippen LogP contribution is -2.44. The third kappa shape index (κ3) is 4.64. The predicted octanol–water partition coefficient (Wildman–Crippen LogP) is 2.65. The van der Waals surface area contributed by atoms with Crippen molar-refractivity contribution < 1.29 is 32.0 Å². The van der Waals surface area contributed by atoms with E-state index in [4.69, 9.17) is 9.26 Å². The first-order valence-electron chi connectivity index (χ1n) is 7.71. The maximum Gasteiger partial charge on any atom is 0.410 e. The lowest BCUT2D eigenvalue weighted by atomic mass is 10.1. The highest BCUT2D eigenvalue weighted by Crippen LogP contribution is 2.25. The molecule has 0 aromatic carbocycles. The first kappa shape index (κ1) is 19.1. The minimum atomic E-state index is -4.57.